The Balaban J connectivity index is 1.83. The number of rotatable bonds is 10. The van der Waals surface area contributed by atoms with Gasteiger partial charge in [-0.2, -0.15) is 23.5 Å². The number of aromatic hydroxyl groups is 2. The highest BCUT2D eigenvalue weighted by Crippen LogP contribution is 2.43. The van der Waals surface area contributed by atoms with Crippen molar-refractivity contribution in [2.75, 3.05) is 13.2 Å². The monoisotopic (exact) mass is 588 g/mol. The van der Waals surface area contributed by atoms with Gasteiger partial charge < -0.3 is 19.7 Å². The van der Waals surface area contributed by atoms with E-state index in [2.05, 4.69) is 53.7 Å². The van der Waals surface area contributed by atoms with E-state index in [0.29, 0.717) is 35.2 Å². The van der Waals surface area contributed by atoms with Crippen molar-refractivity contribution in [2.24, 2.45) is 0 Å². The summed E-state index contributed by atoms with van der Waals surface area (Å²) in [4.78, 5) is 0. The van der Waals surface area contributed by atoms with Crippen molar-refractivity contribution < 1.29 is 19.7 Å². The molecule has 1 fully saturated rings. The minimum atomic E-state index is -0.0263. The number of phenols is 2. The van der Waals surface area contributed by atoms with Gasteiger partial charge >= 0.3 is 0 Å². The summed E-state index contributed by atoms with van der Waals surface area (Å²) in [5, 5.41) is 23.1. The summed E-state index contributed by atoms with van der Waals surface area (Å²) in [6.45, 7) is 18.2. The largest absolute Gasteiger partial charge is 0.504 e. The van der Waals surface area contributed by atoms with Crippen molar-refractivity contribution in [2.45, 2.75) is 127 Å². The molecule has 1 aliphatic rings. The lowest BCUT2D eigenvalue weighted by molar-refractivity contribution is 0.316. The lowest BCUT2D eigenvalue weighted by atomic mass is 9.86. The maximum absolute atomic E-state index is 11.1. The van der Waals surface area contributed by atoms with E-state index in [1.165, 1.54) is 49.7 Å². The number of thioether (sulfide) groups is 2. The van der Waals surface area contributed by atoms with Gasteiger partial charge in [-0.3, -0.25) is 0 Å². The maximum Gasteiger partial charge on any atom is 0.161 e. The van der Waals surface area contributed by atoms with Crippen LogP contribution in [-0.2, 0) is 22.3 Å². The van der Waals surface area contributed by atoms with E-state index in [4.69, 9.17) is 9.47 Å². The average molecular weight is 589 g/mol. The van der Waals surface area contributed by atoms with Gasteiger partial charge in [0, 0.05) is 33.1 Å². The molecule has 0 bridgehead atoms. The highest BCUT2D eigenvalue weighted by Gasteiger charge is 2.27. The minimum absolute atomic E-state index is 0.0263. The van der Waals surface area contributed by atoms with Crippen LogP contribution in [0.1, 0.15) is 116 Å². The molecule has 2 atom stereocenters. The Labute approximate surface area is 252 Å². The molecule has 0 amide bonds. The van der Waals surface area contributed by atoms with E-state index < -0.39 is 0 Å². The van der Waals surface area contributed by atoms with Crippen LogP contribution in [0.4, 0.5) is 0 Å². The molecule has 0 heterocycles. The molecule has 224 valence electrons. The van der Waals surface area contributed by atoms with Gasteiger partial charge in [0.15, 0.2) is 23.0 Å². The van der Waals surface area contributed by atoms with Gasteiger partial charge in [0.1, 0.15) is 0 Å². The molecule has 6 heteroatoms. The Kier molecular flexibility index (Phi) is 11.9. The molecular weight excluding hydrogens is 537 g/mol. The van der Waals surface area contributed by atoms with Crippen molar-refractivity contribution in [1.29, 1.82) is 0 Å². The number of hydrogen-bond donors (Lipinski definition) is 2. The zero-order valence-corrected chi connectivity index (χ0v) is 27.7. The van der Waals surface area contributed by atoms with Gasteiger partial charge in [0.2, 0.25) is 0 Å². The summed E-state index contributed by atoms with van der Waals surface area (Å²) in [6, 6.07) is 8.33. The fraction of sp³-hybridized carbons (Fsp3) is 0.647. The maximum atomic E-state index is 11.1. The van der Waals surface area contributed by atoms with Gasteiger partial charge in [-0.05, 0) is 60.8 Å². The molecule has 4 nitrogen and oxygen atoms in total. The van der Waals surface area contributed by atoms with Crippen LogP contribution in [0.15, 0.2) is 24.3 Å². The number of benzene rings is 2. The Morgan fingerprint density at radius 2 is 1.02 bits per heavy atom. The standard InChI is InChI=1S/C34H52O4S2/c1-9-37-27-19-25(33(3,4)5)17-23(31(27)35)21-39-29-15-13-11-12-14-16-30(29)40-22-24-18-26(34(6,7)8)20-28(32(24)36)38-10-2/h17-20,29-30,35-36H,9-16,21-22H2,1-8H3/t29-,30?/m1/s1. The van der Waals surface area contributed by atoms with Crippen LogP contribution in [-0.4, -0.2) is 33.9 Å². The van der Waals surface area contributed by atoms with Crippen LogP contribution in [0.3, 0.4) is 0 Å². The molecule has 1 unspecified atom stereocenters. The fourth-order valence-electron chi connectivity index (χ4n) is 5.14. The smallest absolute Gasteiger partial charge is 0.161 e. The molecule has 2 N–H and O–H groups in total. The third kappa shape index (κ3) is 8.92. The zero-order valence-electron chi connectivity index (χ0n) is 26.1. The molecule has 3 rings (SSSR count). The van der Waals surface area contributed by atoms with Gasteiger partial charge in [0.05, 0.1) is 13.2 Å². The predicted octanol–water partition coefficient (Wildman–Crippen LogP) is 9.75. The number of ether oxygens (including phenoxy) is 2. The van der Waals surface area contributed by atoms with Crippen molar-refractivity contribution >= 4 is 23.5 Å². The van der Waals surface area contributed by atoms with E-state index in [1.54, 1.807) is 0 Å². The second kappa shape index (κ2) is 14.5. The summed E-state index contributed by atoms with van der Waals surface area (Å²) >= 11 is 3.95. The molecule has 1 saturated carbocycles. The summed E-state index contributed by atoms with van der Waals surface area (Å²) in [6.07, 6.45) is 7.43. The fourth-order valence-corrected chi connectivity index (χ4v) is 8.21. The van der Waals surface area contributed by atoms with Gasteiger partial charge in [0.25, 0.3) is 0 Å². The van der Waals surface area contributed by atoms with E-state index in [9.17, 15) is 10.2 Å². The lowest BCUT2D eigenvalue weighted by Crippen LogP contribution is -2.22. The second-order valence-corrected chi connectivity index (χ2v) is 15.5. The van der Waals surface area contributed by atoms with Crippen LogP contribution in [0, 0.1) is 0 Å². The van der Waals surface area contributed by atoms with Gasteiger partial charge in [-0.15, -0.1) is 0 Å². The molecule has 40 heavy (non-hydrogen) atoms. The predicted molar refractivity (Wildman–Crippen MR) is 174 cm³/mol. The Morgan fingerprint density at radius 3 is 1.35 bits per heavy atom. The Hall–Kier alpha value is -1.66. The van der Waals surface area contributed by atoms with Gasteiger partial charge in [-0.25, -0.2) is 0 Å². The molecule has 0 spiro atoms. The first-order chi connectivity index (χ1) is 18.8. The summed E-state index contributed by atoms with van der Waals surface area (Å²) in [5.41, 5.74) is 4.25. The average Bonchev–Trinajstić information content (AvgIpc) is 2.85. The first-order valence-corrected chi connectivity index (χ1v) is 17.2. The molecule has 2 aromatic carbocycles. The highest BCUT2D eigenvalue weighted by molar-refractivity contribution is 8.03. The Morgan fingerprint density at radius 1 is 0.650 bits per heavy atom. The summed E-state index contributed by atoms with van der Waals surface area (Å²) in [5.74, 6) is 3.27. The third-order valence-corrected chi connectivity index (χ3v) is 10.8. The van der Waals surface area contributed by atoms with Crippen molar-refractivity contribution in [1.82, 2.24) is 0 Å². The van der Waals surface area contributed by atoms with E-state index in [1.807, 2.05) is 49.5 Å². The van der Waals surface area contributed by atoms with Crippen LogP contribution < -0.4 is 9.47 Å². The van der Waals surface area contributed by atoms with Gasteiger partial charge in [-0.1, -0.05) is 79.4 Å². The normalized spacial score (nSPS) is 18.7. The van der Waals surface area contributed by atoms with E-state index in [-0.39, 0.29) is 22.3 Å². The molecule has 2 aromatic rings. The SMILES string of the molecule is CCOc1cc(C(C)(C)C)cc(CSC2CCCCCC[C@H]2SCc2cc(C(C)(C)C)cc(OCC)c2O)c1O. The van der Waals surface area contributed by atoms with Crippen LogP contribution in [0.5, 0.6) is 23.0 Å². The molecule has 0 aromatic heterocycles. The molecule has 1 aliphatic carbocycles. The molecule has 0 radical (unpaired) electrons. The van der Waals surface area contributed by atoms with Crippen molar-refractivity contribution in [3.05, 3.63) is 46.5 Å². The zero-order chi connectivity index (χ0) is 29.5. The molecule has 0 saturated heterocycles. The third-order valence-electron chi connectivity index (χ3n) is 7.69. The Bertz CT molecular complexity index is 1010. The lowest BCUT2D eigenvalue weighted by Gasteiger charge is -2.30. The number of phenolic OH excluding ortho intramolecular Hbond substituents is 2. The van der Waals surface area contributed by atoms with Crippen LogP contribution >= 0.6 is 23.5 Å². The van der Waals surface area contributed by atoms with Crippen LogP contribution in [0.2, 0.25) is 0 Å². The molecule has 0 aliphatic heterocycles. The first kappa shape index (κ1) is 32.8. The quantitative estimate of drug-likeness (QED) is 0.288. The number of hydrogen-bond acceptors (Lipinski definition) is 6. The summed E-state index contributed by atoms with van der Waals surface area (Å²) < 4.78 is 11.6. The topological polar surface area (TPSA) is 58.9 Å². The molecular formula is C34H52O4S2. The highest BCUT2D eigenvalue weighted by atomic mass is 32.2. The summed E-state index contributed by atoms with van der Waals surface area (Å²) in [7, 11) is 0. The van der Waals surface area contributed by atoms with Crippen molar-refractivity contribution in [3.63, 3.8) is 0 Å². The van der Waals surface area contributed by atoms with Crippen LogP contribution in [0.25, 0.3) is 0 Å². The van der Waals surface area contributed by atoms with E-state index in [0.717, 1.165) is 22.6 Å². The first-order valence-electron chi connectivity index (χ1n) is 15.1. The second-order valence-electron chi connectivity index (χ2n) is 13.0. The van der Waals surface area contributed by atoms with E-state index >= 15 is 0 Å². The van der Waals surface area contributed by atoms with Crippen molar-refractivity contribution in [3.8, 4) is 23.0 Å². The minimum Gasteiger partial charge on any atom is -0.504 e.